The zero-order chi connectivity index (χ0) is 15.1. The number of thiophene rings is 1. The maximum absolute atomic E-state index is 14.0. The van der Waals surface area contributed by atoms with E-state index in [1.807, 2.05) is 0 Å². The van der Waals surface area contributed by atoms with Crippen molar-refractivity contribution < 1.29 is 13.2 Å². The van der Waals surface area contributed by atoms with Crippen LogP contribution in [0.25, 0.3) is 10.1 Å². The number of halogens is 3. The summed E-state index contributed by atoms with van der Waals surface area (Å²) in [6.07, 6.45) is 0. The highest BCUT2D eigenvalue weighted by Gasteiger charge is 2.19. The van der Waals surface area contributed by atoms with Crippen molar-refractivity contribution in [2.75, 3.05) is 0 Å². The molecule has 0 radical (unpaired) electrons. The number of rotatable bonds is 2. The van der Waals surface area contributed by atoms with Gasteiger partial charge in [-0.15, -0.1) is 11.3 Å². The summed E-state index contributed by atoms with van der Waals surface area (Å²) >= 11 is 1.28. The Hall–Kier alpha value is -1.85. The minimum Gasteiger partial charge on any atom is -0.320 e. The molecule has 0 amide bonds. The molecule has 0 saturated heterocycles. The molecule has 1 heterocycles. The predicted molar refractivity (Wildman–Crippen MR) is 78.9 cm³/mol. The van der Waals surface area contributed by atoms with Crippen molar-refractivity contribution in [2.24, 2.45) is 5.73 Å². The highest BCUT2D eigenvalue weighted by molar-refractivity contribution is 7.19. The average Bonchev–Trinajstić information content (AvgIpc) is 2.87. The summed E-state index contributed by atoms with van der Waals surface area (Å²) in [5.41, 5.74) is 6.39. The molecule has 0 aliphatic heterocycles. The molecule has 1 atom stereocenters. The molecule has 21 heavy (non-hydrogen) atoms. The largest absolute Gasteiger partial charge is 0.320 e. The van der Waals surface area contributed by atoms with E-state index in [-0.39, 0.29) is 16.9 Å². The Morgan fingerprint density at radius 2 is 1.76 bits per heavy atom. The maximum Gasteiger partial charge on any atom is 0.164 e. The van der Waals surface area contributed by atoms with Gasteiger partial charge in [0.2, 0.25) is 0 Å². The fourth-order valence-corrected chi connectivity index (χ4v) is 3.34. The first-order chi connectivity index (χ1) is 9.97. The van der Waals surface area contributed by atoms with Crippen molar-refractivity contribution in [3.63, 3.8) is 0 Å². The van der Waals surface area contributed by atoms with Crippen LogP contribution in [0.1, 0.15) is 22.0 Å². The highest BCUT2D eigenvalue weighted by Crippen LogP contribution is 2.33. The lowest BCUT2D eigenvalue weighted by molar-refractivity contribution is 0.490. The minimum atomic E-state index is -0.925. The molecule has 1 aromatic heterocycles. The van der Waals surface area contributed by atoms with Crippen molar-refractivity contribution >= 4 is 21.4 Å². The normalized spacial score (nSPS) is 12.8. The Morgan fingerprint density at radius 1 is 1.00 bits per heavy atom. The zero-order valence-electron chi connectivity index (χ0n) is 11.2. The van der Waals surface area contributed by atoms with E-state index >= 15 is 0 Å². The second-order valence-corrected chi connectivity index (χ2v) is 6.02. The summed E-state index contributed by atoms with van der Waals surface area (Å²) in [4.78, 5) is 0.665. The van der Waals surface area contributed by atoms with Gasteiger partial charge in [-0.3, -0.25) is 0 Å². The molecule has 0 saturated carbocycles. The Labute approximate surface area is 123 Å². The zero-order valence-corrected chi connectivity index (χ0v) is 12.0. The molecule has 0 bridgehead atoms. The van der Waals surface area contributed by atoms with Gasteiger partial charge in [0, 0.05) is 15.1 Å². The first-order valence-electron chi connectivity index (χ1n) is 6.36. The van der Waals surface area contributed by atoms with Crippen LogP contribution in [0, 0.1) is 24.4 Å². The summed E-state index contributed by atoms with van der Waals surface area (Å²) in [6.45, 7) is 1.50. The van der Waals surface area contributed by atoms with Crippen LogP contribution in [0.15, 0.2) is 36.4 Å². The number of nitrogens with two attached hydrogens (primary N) is 1. The monoisotopic (exact) mass is 307 g/mol. The van der Waals surface area contributed by atoms with Crippen LogP contribution in [0.2, 0.25) is 0 Å². The van der Waals surface area contributed by atoms with Crippen LogP contribution < -0.4 is 5.73 Å². The third-order valence-corrected chi connectivity index (χ3v) is 4.63. The Morgan fingerprint density at radius 3 is 2.52 bits per heavy atom. The van der Waals surface area contributed by atoms with E-state index < -0.39 is 17.7 Å². The van der Waals surface area contributed by atoms with Crippen LogP contribution in [-0.4, -0.2) is 0 Å². The number of hydrogen-bond acceptors (Lipinski definition) is 2. The van der Waals surface area contributed by atoms with Crippen LogP contribution in [0.4, 0.5) is 13.2 Å². The van der Waals surface area contributed by atoms with Crippen LogP contribution in [0.5, 0.6) is 0 Å². The minimum absolute atomic E-state index is 0.102. The van der Waals surface area contributed by atoms with Gasteiger partial charge in [0.05, 0.1) is 6.04 Å². The van der Waals surface area contributed by atoms with E-state index in [1.54, 1.807) is 12.1 Å². The average molecular weight is 307 g/mol. The van der Waals surface area contributed by atoms with Gasteiger partial charge in [-0.05, 0) is 36.1 Å². The van der Waals surface area contributed by atoms with Gasteiger partial charge in [0.1, 0.15) is 5.82 Å². The Balaban J connectivity index is 2.08. The van der Waals surface area contributed by atoms with Gasteiger partial charge in [0.15, 0.2) is 11.6 Å². The van der Waals surface area contributed by atoms with Gasteiger partial charge in [0.25, 0.3) is 0 Å². The number of benzene rings is 2. The van der Waals surface area contributed by atoms with Gasteiger partial charge >= 0.3 is 0 Å². The lowest BCUT2D eigenvalue weighted by atomic mass is 10.0. The molecular weight excluding hydrogens is 295 g/mol. The molecule has 2 aromatic carbocycles. The molecule has 5 heteroatoms. The van der Waals surface area contributed by atoms with Gasteiger partial charge in [-0.2, -0.15) is 0 Å². The Kier molecular flexibility index (Phi) is 3.47. The molecule has 3 aromatic rings. The van der Waals surface area contributed by atoms with Crippen LogP contribution >= 0.6 is 11.3 Å². The van der Waals surface area contributed by atoms with Crippen molar-refractivity contribution in [3.8, 4) is 0 Å². The molecule has 0 spiro atoms. The van der Waals surface area contributed by atoms with Crippen LogP contribution in [0.3, 0.4) is 0 Å². The fourth-order valence-electron chi connectivity index (χ4n) is 2.23. The third-order valence-electron chi connectivity index (χ3n) is 3.45. The van der Waals surface area contributed by atoms with Gasteiger partial charge in [-0.25, -0.2) is 13.2 Å². The summed E-state index contributed by atoms with van der Waals surface area (Å²) in [5, 5.41) is 0.833. The van der Waals surface area contributed by atoms with E-state index in [0.717, 1.165) is 10.1 Å². The molecule has 2 N–H and O–H groups in total. The highest BCUT2D eigenvalue weighted by atomic mass is 32.1. The maximum atomic E-state index is 14.0. The first-order valence-corrected chi connectivity index (χ1v) is 7.18. The topological polar surface area (TPSA) is 26.0 Å². The molecule has 3 rings (SSSR count). The first kappa shape index (κ1) is 14.1. The molecular formula is C16H12F3NS. The van der Waals surface area contributed by atoms with Crippen molar-refractivity contribution in [2.45, 2.75) is 13.0 Å². The second kappa shape index (κ2) is 5.16. The van der Waals surface area contributed by atoms with Crippen molar-refractivity contribution in [3.05, 3.63) is 69.9 Å². The molecule has 0 aliphatic carbocycles. The van der Waals surface area contributed by atoms with Gasteiger partial charge in [-0.1, -0.05) is 18.2 Å². The van der Waals surface area contributed by atoms with E-state index in [9.17, 15) is 13.2 Å². The lowest BCUT2D eigenvalue weighted by Gasteiger charge is -2.12. The summed E-state index contributed by atoms with van der Waals surface area (Å²) in [6, 6.07) is 8.40. The second-order valence-electron chi connectivity index (χ2n) is 4.91. The van der Waals surface area contributed by atoms with Gasteiger partial charge < -0.3 is 5.73 Å². The van der Waals surface area contributed by atoms with E-state index in [4.69, 9.17) is 5.73 Å². The summed E-state index contributed by atoms with van der Waals surface area (Å²) in [7, 11) is 0. The lowest BCUT2D eigenvalue weighted by Crippen LogP contribution is -2.13. The summed E-state index contributed by atoms with van der Waals surface area (Å²) in [5.74, 6) is -2.14. The predicted octanol–water partition coefficient (Wildman–Crippen LogP) is 4.68. The van der Waals surface area contributed by atoms with Crippen LogP contribution in [-0.2, 0) is 0 Å². The third kappa shape index (κ3) is 2.43. The number of hydrogen-bond donors (Lipinski definition) is 1. The van der Waals surface area contributed by atoms with E-state index in [2.05, 4.69) is 0 Å². The van der Waals surface area contributed by atoms with E-state index in [0.29, 0.717) is 4.88 Å². The Bertz CT molecular complexity index is 826. The summed E-state index contributed by atoms with van der Waals surface area (Å²) < 4.78 is 41.6. The standard InChI is InChI=1S/C16H12F3NS/c1-8-2-5-11(15(19)14(8)18)16(20)13-6-9-3-4-10(17)7-12(9)21-13/h2-7,16H,20H2,1H3. The smallest absolute Gasteiger partial charge is 0.164 e. The number of fused-ring (bicyclic) bond motifs is 1. The molecule has 0 fully saturated rings. The molecule has 0 aliphatic rings. The van der Waals surface area contributed by atoms with Crippen molar-refractivity contribution in [1.29, 1.82) is 0 Å². The van der Waals surface area contributed by atoms with Crippen molar-refractivity contribution in [1.82, 2.24) is 0 Å². The molecule has 108 valence electrons. The quantitative estimate of drug-likeness (QED) is 0.731. The fraction of sp³-hybridized carbons (Fsp3) is 0.125. The molecule has 1 unspecified atom stereocenters. The molecule has 1 nitrogen and oxygen atoms in total. The van der Waals surface area contributed by atoms with E-state index in [1.165, 1.54) is 42.5 Å². The number of aryl methyl sites for hydroxylation is 1. The SMILES string of the molecule is Cc1ccc(C(N)c2cc3ccc(F)cc3s2)c(F)c1F.